The predicted octanol–water partition coefficient (Wildman–Crippen LogP) is 6.43. The Kier molecular flexibility index (Phi) is 19.9. The number of nitrogens with zero attached hydrogens (tertiary/aromatic N) is 2. The quantitative estimate of drug-likeness (QED) is 0.151. The molecule has 4 amide bonds. The van der Waals surface area contributed by atoms with E-state index in [1.165, 1.54) is 6.92 Å². The van der Waals surface area contributed by atoms with Crippen molar-refractivity contribution in [2.24, 2.45) is 16.6 Å². The first kappa shape index (κ1) is 47.6. The fraction of sp³-hybridized carbons (Fsp3) is 0.533. The van der Waals surface area contributed by atoms with Gasteiger partial charge in [-0.15, -0.1) is 0 Å². The maximum Gasteiger partial charge on any atom is 0.245 e. The van der Waals surface area contributed by atoms with Gasteiger partial charge < -0.3 is 26.2 Å². The second kappa shape index (κ2) is 24.2. The lowest BCUT2D eigenvalue weighted by Gasteiger charge is -2.43. The minimum atomic E-state index is -1.75. The zero-order chi connectivity index (χ0) is 42.6. The fourth-order valence-corrected chi connectivity index (χ4v) is 7.65. The molecule has 2 unspecified atom stereocenters. The van der Waals surface area contributed by atoms with Gasteiger partial charge in [0.25, 0.3) is 0 Å². The van der Waals surface area contributed by atoms with Crippen LogP contribution in [0.4, 0.5) is 13.2 Å². The number of amides is 4. The molecule has 0 spiro atoms. The summed E-state index contributed by atoms with van der Waals surface area (Å²) in [6.45, 7) is 5.49. The number of nitrogens with two attached hydrogens (primary N) is 1. The molecule has 2 atom stereocenters. The molecule has 2 aliphatic rings. The summed E-state index contributed by atoms with van der Waals surface area (Å²) in [7, 11) is 0. The molecule has 0 aromatic heterocycles. The molecule has 10 nitrogen and oxygen atoms in total. The standard InChI is InChI=1S/C41H55N5O4.C3H5FO.CH2F2/c1-3-43-39(50)41(29-31-13-6-4-7-14-31)20-12-24-46(30-41)37(48)35(28-32-18-19-33-15-9-10-16-34(33)27-32)44-38(49)40(2)21-25-45(26-22-40)36(47)17-8-5-11-23-42;1-3(5)2-4;2-1-3/h4,6-7,9-10,13-16,18-19,27,35H,3,5,8,11-12,17,20-26,28-30,42H2,1-2H3,(H,43,50)(H,44,49);2H2,1H3;1H2. The van der Waals surface area contributed by atoms with Crippen molar-refractivity contribution in [2.45, 2.75) is 91.0 Å². The highest BCUT2D eigenvalue weighted by atomic mass is 19.3. The molecule has 3 aromatic carbocycles. The molecule has 2 heterocycles. The number of carbonyl (C=O) groups is 5. The molecule has 5 rings (SSSR count). The number of alkyl halides is 3. The Morgan fingerprint density at radius 3 is 2.05 bits per heavy atom. The summed E-state index contributed by atoms with van der Waals surface area (Å²) in [5.74, 6) is -0.649. The number of Topliss-reactive ketones (excluding diaryl/α,β-unsaturated/α-hetero) is 1. The molecule has 2 saturated heterocycles. The Morgan fingerprint density at radius 2 is 1.43 bits per heavy atom. The molecule has 0 saturated carbocycles. The first-order valence-electron chi connectivity index (χ1n) is 20.4. The summed E-state index contributed by atoms with van der Waals surface area (Å²) in [6.07, 6.45) is 6.50. The SMILES string of the molecule is CC(=O)CF.CCNC(=O)C1(Cc2ccccc2)CCCN(C(=O)C(Cc2ccc3ccccc3c2)NC(=O)C2(C)CCN(C(=O)CCCCCN)CC2)C1.FCF. The Balaban J connectivity index is 0.00000103. The maximum atomic E-state index is 14.6. The maximum absolute atomic E-state index is 14.6. The first-order valence-corrected chi connectivity index (χ1v) is 20.4. The number of unbranched alkanes of at least 4 members (excludes halogenated alkanes) is 2. The van der Waals surface area contributed by atoms with Gasteiger partial charge in [0, 0.05) is 51.0 Å². The molecular formula is C45H62F3N5O5. The van der Waals surface area contributed by atoms with Crippen LogP contribution in [0.2, 0.25) is 0 Å². The smallest absolute Gasteiger partial charge is 0.245 e. The van der Waals surface area contributed by atoms with Gasteiger partial charge in [-0.05, 0) is 87.2 Å². The Labute approximate surface area is 341 Å². The average Bonchev–Trinajstić information content (AvgIpc) is 3.23. The highest BCUT2D eigenvalue weighted by Crippen LogP contribution is 2.36. The predicted molar refractivity (Wildman–Crippen MR) is 222 cm³/mol. The first-order chi connectivity index (χ1) is 27.8. The molecule has 13 heteroatoms. The van der Waals surface area contributed by atoms with Crippen LogP contribution >= 0.6 is 0 Å². The van der Waals surface area contributed by atoms with Crippen LogP contribution in [0.1, 0.15) is 83.3 Å². The van der Waals surface area contributed by atoms with E-state index in [1.807, 2.05) is 72.2 Å². The summed E-state index contributed by atoms with van der Waals surface area (Å²) >= 11 is 0. The number of carbonyl (C=O) groups excluding carboxylic acids is 5. The van der Waals surface area contributed by atoms with E-state index in [1.54, 1.807) is 0 Å². The minimum Gasteiger partial charge on any atom is -0.356 e. The van der Waals surface area contributed by atoms with Crippen LogP contribution in [0.5, 0.6) is 0 Å². The van der Waals surface area contributed by atoms with Crippen molar-refractivity contribution < 1.29 is 37.1 Å². The molecule has 318 valence electrons. The van der Waals surface area contributed by atoms with Crippen molar-refractivity contribution in [2.75, 3.05) is 52.9 Å². The average molecular weight is 810 g/mol. The Morgan fingerprint density at radius 1 is 0.793 bits per heavy atom. The Bertz CT molecular complexity index is 1770. The number of halogens is 3. The van der Waals surface area contributed by atoms with E-state index in [0.29, 0.717) is 77.7 Å². The van der Waals surface area contributed by atoms with E-state index in [2.05, 4.69) is 34.9 Å². The molecule has 2 aliphatic heterocycles. The lowest BCUT2D eigenvalue weighted by atomic mass is 9.74. The molecule has 0 aliphatic carbocycles. The third kappa shape index (κ3) is 14.2. The van der Waals surface area contributed by atoms with E-state index in [4.69, 9.17) is 5.73 Å². The van der Waals surface area contributed by atoms with Crippen LogP contribution < -0.4 is 16.4 Å². The van der Waals surface area contributed by atoms with E-state index in [9.17, 15) is 37.1 Å². The monoisotopic (exact) mass is 809 g/mol. The number of hydrogen-bond acceptors (Lipinski definition) is 6. The fourth-order valence-electron chi connectivity index (χ4n) is 7.65. The van der Waals surface area contributed by atoms with Gasteiger partial charge in [-0.2, -0.15) is 0 Å². The summed E-state index contributed by atoms with van der Waals surface area (Å²) < 4.78 is 30.0. The second-order valence-corrected chi connectivity index (χ2v) is 15.6. The summed E-state index contributed by atoms with van der Waals surface area (Å²) in [5.41, 5.74) is 6.14. The summed E-state index contributed by atoms with van der Waals surface area (Å²) in [5, 5.41) is 8.44. The largest absolute Gasteiger partial charge is 0.356 e. The van der Waals surface area contributed by atoms with Crippen molar-refractivity contribution in [3.05, 3.63) is 83.9 Å². The van der Waals surface area contributed by atoms with Gasteiger partial charge in [0.2, 0.25) is 30.6 Å². The van der Waals surface area contributed by atoms with Crippen molar-refractivity contribution in [1.82, 2.24) is 20.4 Å². The third-order valence-corrected chi connectivity index (χ3v) is 11.0. The third-order valence-electron chi connectivity index (χ3n) is 11.0. The number of nitrogens with one attached hydrogen (secondary N) is 2. The van der Waals surface area contributed by atoms with E-state index >= 15 is 0 Å². The van der Waals surface area contributed by atoms with Gasteiger partial charge in [-0.3, -0.25) is 24.0 Å². The van der Waals surface area contributed by atoms with Crippen molar-refractivity contribution in [1.29, 1.82) is 0 Å². The van der Waals surface area contributed by atoms with E-state index < -0.39 is 36.3 Å². The van der Waals surface area contributed by atoms with Gasteiger partial charge in [0.1, 0.15) is 12.7 Å². The van der Waals surface area contributed by atoms with Crippen LogP contribution in [0.3, 0.4) is 0 Å². The van der Waals surface area contributed by atoms with Crippen molar-refractivity contribution in [3.8, 4) is 0 Å². The minimum absolute atomic E-state index is 0.0373. The number of ketones is 1. The van der Waals surface area contributed by atoms with Crippen LogP contribution in [0.25, 0.3) is 10.8 Å². The number of likely N-dealkylation sites (tertiary alicyclic amines) is 2. The van der Waals surface area contributed by atoms with E-state index in [0.717, 1.165) is 41.2 Å². The molecule has 3 aromatic rings. The van der Waals surface area contributed by atoms with Gasteiger partial charge in [0.05, 0.1) is 5.41 Å². The highest BCUT2D eigenvalue weighted by Gasteiger charge is 2.45. The molecule has 2 fully saturated rings. The molecular weight excluding hydrogens is 748 g/mol. The van der Waals surface area contributed by atoms with Gasteiger partial charge >= 0.3 is 0 Å². The van der Waals surface area contributed by atoms with Crippen LogP contribution in [0.15, 0.2) is 72.8 Å². The normalized spacial score (nSPS) is 17.8. The van der Waals surface area contributed by atoms with Crippen LogP contribution in [-0.4, -0.2) is 98.1 Å². The molecule has 58 heavy (non-hydrogen) atoms. The summed E-state index contributed by atoms with van der Waals surface area (Å²) in [4.78, 5) is 68.4. The van der Waals surface area contributed by atoms with E-state index in [-0.39, 0.29) is 30.2 Å². The second-order valence-electron chi connectivity index (χ2n) is 15.6. The number of piperidine rings is 2. The zero-order valence-electron chi connectivity index (χ0n) is 34.4. The molecule has 0 bridgehead atoms. The number of fused-ring (bicyclic) bond motifs is 1. The van der Waals surface area contributed by atoms with Gasteiger partial charge in [0.15, 0.2) is 5.78 Å². The highest BCUT2D eigenvalue weighted by molar-refractivity contribution is 5.92. The number of hydrogen-bond donors (Lipinski definition) is 3. The van der Waals surface area contributed by atoms with Crippen LogP contribution in [-0.2, 0) is 36.8 Å². The molecule has 0 radical (unpaired) electrons. The topological polar surface area (TPSA) is 142 Å². The lowest BCUT2D eigenvalue weighted by Crippen LogP contribution is -2.59. The van der Waals surface area contributed by atoms with Gasteiger partial charge in [-0.1, -0.05) is 86.1 Å². The number of benzene rings is 3. The summed E-state index contributed by atoms with van der Waals surface area (Å²) in [6, 6.07) is 23.5. The van der Waals surface area contributed by atoms with Crippen molar-refractivity contribution >= 4 is 40.2 Å². The van der Waals surface area contributed by atoms with Gasteiger partial charge in [-0.25, -0.2) is 13.2 Å². The Hall–Kier alpha value is -4.78. The van der Waals surface area contributed by atoms with Crippen molar-refractivity contribution in [3.63, 3.8) is 0 Å². The lowest BCUT2D eigenvalue weighted by molar-refractivity contribution is -0.146. The van der Waals surface area contributed by atoms with Crippen LogP contribution in [0, 0.1) is 10.8 Å². The zero-order valence-corrected chi connectivity index (χ0v) is 34.4. The number of rotatable bonds is 15. The molecule has 4 N–H and O–H groups in total.